The Labute approximate surface area is 142 Å². The van der Waals surface area contributed by atoms with Gasteiger partial charge in [-0.05, 0) is 33.6 Å². The molecule has 0 N–H and O–H groups in total. The van der Waals surface area contributed by atoms with Crippen molar-refractivity contribution in [2.24, 2.45) is 0 Å². The third kappa shape index (κ3) is 3.29. The van der Waals surface area contributed by atoms with E-state index in [4.69, 9.17) is 19.0 Å². The summed E-state index contributed by atoms with van der Waals surface area (Å²) < 4.78 is 17.0. The zero-order valence-electron chi connectivity index (χ0n) is 15.0. The number of hydrogen-bond acceptors (Lipinski definition) is 6. The molecule has 3 heterocycles. The Morgan fingerprint density at radius 3 is 2.58 bits per heavy atom. The molecule has 0 bridgehead atoms. The van der Waals surface area contributed by atoms with Crippen LogP contribution in [-0.2, 0) is 4.74 Å². The quantitative estimate of drug-likeness (QED) is 0.831. The molecule has 0 radical (unpaired) electrons. The maximum atomic E-state index is 6.00. The fraction of sp³-hybridized carbons (Fsp3) is 0.611. The molecule has 1 aliphatic rings. The number of ether oxygens (including phenoxy) is 2. The van der Waals surface area contributed by atoms with Gasteiger partial charge in [0.25, 0.3) is 0 Å². The maximum Gasteiger partial charge on any atom is 0.220 e. The minimum atomic E-state index is 0.157. The molecule has 0 saturated carbocycles. The summed E-state index contributed by atoms with van der Waals surface area (Å²) in [5.41, 5.74) is 3.51. The lowest BCUT2D eigenvalue weighted by Gasteiger charge is -2.16. The summed E-state index contributed by atoms with van der Waals surface area (Å²) in [7, 11) is 0. The Bertz CT molecular complexity index is 699. The molecular formula is C18H25N3O3. The van der Waals surface area contributed by atoms with Gasteiger partial charge in [-0.2, -0.15) is 4.98 Å². The standard InChI is InChI=1S/C18H25N3O3/c1-10(2)17-19-16(15-12(4)21-24-13(15)5)11(3)18(20-17)23-9-14-7-6-8-22-14/h10,14H,6-9H2,1-5H3/t14-/m1/s1. The largest absolute Gasteiger partial charge is 0.475 e. The second-order valence-corrected chi connectivity index (χ2v) is 6.66. The van der Waals surface area contributed by atoms with Gasteiger partial charge in [0.2, 0.25) is 5.88 Å². The minimum absolute atomic E-state index is 0.157. The Morgan fingerprint density at radius 2 is 2.00 bits per heavy atom. The summed E-state index contributed by atoms with van der Waals surface area (Å²) in [4.78, 5) is 9.38. The summed E-state index contributed by atoms with van der Waals surface area (Å²) in [6, 6.07) is 0. The second kappa shape index (κ2) is 6.89. The van der Waals surface area contributed by atoms with Crippen LogP contribution in [0.4, 0.5) is 0 Å². The molecule has 6 nitrogen and oxygen atoms in total. The van der Waals surface area contributed by atoms with E-state index in [1.165, 1.54) is 0 Å². The lowest BCUT2D eigenvalue weighted by atomic mass is 10.1. The van der Waals surface area contributed by atoms with Crippen LogP contribution in [0, 0.1) is 20.8 Å². The monoisotopic (exact) mass is 331 g/mol. The van der Waals surface area contributed by atoms with E-state index in [2.05, 4.69) is 24.0 Å². The summed E-state index contributed by atoms with van der Waals surface area (Å²) in [6.45, 7) is 11.3. The van der Waals surface area contributed by atoms with E-state index in [-0.39, 0.29) is 12.0 Å². The third-order valence-corrected chi connectivity index (χ3v) is 4.33. The Morgan fingerprint density at radius 1 is 1.21 bits per heavy atom. The molecule has 1 aliphatic heterocycles. The average molecular weight is 331 g/mol. The van der Waals surface area contributed by atoms with Crippen LogP contribution in [0.3, 0.4) is 0 Å². The molecule has 130 valence electrons. The van der Waals surface area contributed by atoms with Crippen molar-refractivity contribution >= 4 is 0 Å². The van der Waals surface area contributed by atoms with Crippen LogP contribution in [0.5, 0.6) is 5.88 Å². The molecule has 0 aliphatic carbocycles. The summed E-state index contributed by atoms with van der Waals surface area (Å²) in [5.74, 6) is 2.35. The average Bonchev–Trinajstić information content (AvgIpc) is 3.17. The molecule has 24 heavy (non-hydrogen) atoms. The molecule has 2 aromatic heterocycles. The second-order valence-electron chi connectivity index (χ2n) is 6.66. The molecule has 1 saturated heterocycles. The van der Waals surface area contributed by atoms with Crippen LogP contribution in [0.1, 0.15) is 55.4 Å². The minimum Gasteiger partial charge on any atom is -0.475 e. The molecular weight excluding hydrogens is 306 g/mol. The third-order valence-electron chi connectivity index (χ3n) is 4.33. The van der Waals surface area contributed by atoms with Crippen LogP contribution < -0.4 is 4.74 Å². The first-order valence-corrected chi connectivity index (χ1v) is 8.53. The number of rotatable bonds is 5. The SMILES string of the molecule is Cc1noc(C)c1-c1nc(C(C)C)nc(OC[C@H]2CCCO2)c1C. The van der Waals surface area contributed by atoms with Crippen LogP contribution in [0.2, 0.25) is 0 Å². The summed E-state index contributed by atoms with van der Waals surface area (Å²) in [5, 5.41) is 4.05. The highest BCUT2D eigenvalue weighted by molar-refractivity contribution is 5.68. The van der Waals surface area contributed by atoms with Gasteiger partial charge in [0, 0.05) is 18.1 Å². The van der Waals surface area contributed by atoms with Gasteiger partial charge in [0.15, 0.2) is 0 Å². The Balaban J connectivity index is 1.98. The van der Waals surface area contributed by atoms with Gasteiger partial charge in [-0.1, -0.05) is 19.0 Å². The van der Waals surface area contributed by atoms with Crippen molar-refractivity contribution in [3.05, 3.63) is 22.8 Å². The van der Waals surface area contributed by atoms with Crippen molar-refractivity contribution in [3.63, 3.8) is 0 Å². The Kier molecular flexibility index (Phi) is 4.85. The predicted molar refractivity (Wildman–Crippen MR) is 90.3 cm³/mol. The Hall–Kier alpha value is -1.95. The van der Waals surface area contributed by atoms with E-state index < -0.39 is 0 Å². The lowest BCUT2D eigenvalue weighted by molar-refractivity contribution is 0.0659. The smallest absolute Gasteiger partial charge is 0.220 e. The molecule has 3 rings (SSSR count). The highest BCUT2D eigenvalue weighted by atomic mass is 16.5. The number of aromatic nitrogens is 3. The first-order chi connectivity index (χ1) is 11.5. The van der Waals surface area contributed by atoms with Crippen molar-refractivity contribution in [2.75, 3.05) is 13.2 Å². The van der Waals surface area contributed by atoms with E-state index in [0.717, 1.165) is 53.5 Å². The fourth-order valence-corrected chi connectivity index (χ4v) is 2.92. The lowest BCUT2D eigenvalue weighted by Crippen LogP contribution is -2.18. The predicted octanol–water partition coefficient (Wildman–Crippen LogP) is 3.74. The van der Waals surface area contributed by atoms with E-state index in [0.29, 0.717) is 12.5 Å². The van der Waals surface area contributed by atoms with Gasteiger partial charge < -0.3 is 14.0 Å². The molecule has 0 amide bonds. The van der Waals surface area contributed by atoms with E-state index in [9.17, 15) is 0 Å². The van der Waals surface area contributed by atoms with Crippen LogP contribution in [0.15, 0.2) is 4.52 Å². The molecule has 2 aromatic rings. The van der Waals surface area contributed by atoms with Crippen LogP contribution in [0.25, 0.3) is 11.3 Å². The van der Waals surface area contributed by atoms with Gasteiger partial charge in [-0.15, -0.1) is 0 Å². The van der Waals surface area contributed by atoms with Crippen molar-refractivity contribution < 1.29 is 14.0 Å². The molecule has 0 unspecified atom stereocenters. The first-order valence-electron chi connectivity index (χ1n) is 8.53. The van der Waals surface area contributed by atoms with Gasteiger partial charge in [0.1, 0.15) is 18.2 Å². The van der Waals surface area contributed by atoms with Crippen molar-refractivity contribution in [1.29, 1.82) is 0 Å². The van der Waals surface area contributed by atoms with Crippen molar-refractivity contribution in [2.45, 2.75) is 59.5 Å². The molecule has 0 spiro atoms. The normalized spacial score (nSPS) is 17.7. The summed E-state index contributed by atoms with van der Waals surface area (Å²) in [6.07, 6.45) is 2.29. The topological polar surface area (TPSA) is 70.3 Å². The van der Waals surface area contributed by atoms with Gasteiger partial charge in [-0.25, -0.2) is 4.98 Å². The fourth-order valence-electron chi connectivity index (χ4n) is 2.92. The van der Waals surface area contributed by atoms with E-state index >= 15 is 0 Å². The van der Waals surface area contributed by atoms with E-state index in [1.54, 1.807) is 0 Å². The van der Waals surface area contributed by atoms with Crippen LogP contribution >= 0.6 is 0 Å². The molecule has 6 heteroatoms. The van der Waals surface area contributed by atoms with Crippen molar-refractivity contribution in [1.82, 2.24) is 15.1 Å². The summed E-state index contributed by atoms with van der Waals surface area (Å²) >= 11 is 0. The maximum absolute atomic E-state index is 6.00. The zero-order valence-corrected chi connectivity index (χ0v) is 15.0. The number of nitrogens with zero attached hydrogens (tertiary/aromatic N) is 3. The number of hydrogen-bond donors (Lipinski definition) is 0. The number of aryl methyl sites for hydroxylation is 2. The van der Waals surface area contributed by atoms with Gasteiger partial charge >= 0.3 is 0 Å². The molecule has 0 aromatic carbocycles. The van der Waals surface area contributed by atoms with Crippen LogP contribution in [-0.4, -0.2) is 34.4 Å². The molecule has 1 atom stereocenters. The molecule has 1 fully saturated rings. The van der Waals surface area contributed by atoms with Gasteiger partial charge in [0.05, 0.1) is 23.1 Å². The van der Waals surface area contributed by atoms with Crippen molar-refractivity contribution in [3.8, 4) is 17.1 Å². The highest BCUT2D eigenvalue weighted by Gasteiger charge is 2.22. The van der Waals surface area contributed by atoms with E-state index in [1.807, 2.05) is 20.8 Å². The highest BCUT2D eigenvalue weighted by Crippen LogP contribution is 2.33. The first kappa shape index (κ1) is 16.9. The van der Waals surface area contributed by atoms with Gasteiger partial charge in [-0.3, -0.25) is 0 Å². The zero-order chi connectivity index (χ0) is 17.3.